The van der Waals surface area contributed by atoms with Gasteiger partial charge >= 0.3 is 10.2 Å². The van der Waals surface area contributed by atoms with Crippen LogP contribution in [0.3, 0.4) is 0 Å². The maximum absolute atomic E-state index is 12.0. The Labute approximate surface area is 67.0 Å². The van der Waals surface area contributed by atoms with Crippen molar-refractivity contribution in [1.29, 1.82) is 0 Å². The molecule has 0 aliphatic heterocycles. The molecule has 0 saturated heterocycles. The van der Waals surface area contributed by atoms with Gasteiger partial charge in [-0.3, -0.25) is 0 Å². The molecule has 0 aromatic heterocycles. The molecule has 5 heteroatoms. The van der Waals surface area contributed by atoms with Crippen LogP contribution in [0.2, 0.25) is 0 Å². The van der Waals surface area contributed by atoms with Gasteiger partial charge in [0.2, 0.25) is 0 Å². The van der Waals surface area contributed by atoms with Gasteiger partial charge in [-0.1, -0.05) is 6.92 Å². The van der Waals surface area contributed by atoms with Gasteiger partial charge in [0.25, 0.3) is 0 Å². The third-order valence-electron chi connectivity index (χ3n) is 1.38. The fourth-order valence-corrected chi connectivity index (χ4v) is 1.74. The molecule has 0 heterocycles. The molecule has 1 atom stereocenters. The van der Waals surface area contributed by atoms with Crippen molar-refractivity contribution in [3.05, 3.63) is 0 Å². The molecule has 0 amide bonds. The minimum Gasteiger partial charge on any atom is -0.330 e. The van der Waals surface area contributed by atoms with Crippen LogP contribution in [0.25, 0.3) is 0 Å². The number of hydrogen-bond acceptors (Lipinski definition) is 3. The maximum Gasteiger partial charge on any atom is 0.302 e. The Morgan fingerprint density at radius 1 is 1.55 bits per heavy atom. The maximum atomic E-state index is 12.0. The highest BCUT2D eigenvalue weighted by Gasteiger charge is 2.12. The van der Waals surface area contributed by atoms with Crippen molar-refractivity contribution in [2.24, 2.45) is 11.7 Å². The van der Waals surface area contributed by atoms with Crippen LogP contribution in [0.5, 0.6) is 0 Å². The number of nitrogens with two attached hydrogens (primary N) is 1. The van der Waals surface area contributed by atoms with E-state index in [1.54, 1.807) is 6.92 Å². The fourth-order valence-electron chi connectivity index (χ4n) is 0.889. The van der Waals surface area contributed by atoms with Crippen molar-refractivity contribution in [2.45, 2.75) is 19.8 Å². The lowest BCUT2D eigenvalue weighted by Crippen LogP contribution is -2.11. The molecule has 0 radical (unpaired) electrons. The molecule has 0 saturated carbocycles. The van der Waals surface area contributed by atoms with E-state index in [0.717, 1.165) is 6.42 Å². The van der Waals surface area contributed by atoms with Crippen molar-refractivity contribution in [1.82, 2.24) is 0 Å². The van der Waals surface area contributed by atoms with E-state index in [0.29, 0.717) is 13.0 Å². The zero-order valence-electron chi connectivity index (χ0n) is 6.59. The van der Waals surface area contributed by atoms with Gasteiger partial charge in [0.15, 0.2) is 0 Å². The van der Waals surface area contributed by atoms with Crippen LogP contribution in [0.15, 0.2) is 0 Å². The van der Waals surface area contributed by atoms with E-state index in [2.05, 4.69) is 0 Å². The Kier molecular flexibility index (Phi) is 4.60. The highest BCUT2D eigenvalue weighted by atomic mass is 32.3. The Morgan fingerprint density at radius 3 is 2.45 bits per heavy atom. The predicted molar refractivity (Wildman–Crippen MR) is 42.3 cm³/mol. The average Bonchev–Trinajstić information content (AvgIpc) is 1.79. The van der Waals surface area contributed by atoms with Gasteiger partial charge in [-0.25, -0.2) is 0 Å². The molecule has 0 aliphatic rings. The van der Waals surface area contributed by atoms with E-state index in [-0.39, 0.29) is 11.7 Å². The second-order valence-corrected chi connectivity index (χ2v) is 4.15. The molecule has 1 unspecified atom stereocenters. The standard InChI is InChI=1S/C6H14FNO2S/c1-6(3-2-4-8)5-11(7,9)10/h6H,2-5,8H2,1H3. The highest BCUT2D eigenvalue weighted by molar-refractivity contribution is 7.86. The zero-order valence-corrected chi connectivity index (χ0v) is 7.40. The van der Waals surface area contributed by atoms with Crippen LogP contribution in [0.4, 0.5) is 3.89 Å². The number of halogens is 1. The van der Waals surface area contributed by atoms with Crippen molar-refractivity contribution in [2.75, 3.05) is 12.3 Å². The minimum atomic E-state index is -4.29. The molecule has 0 aromatic carbocycles. The molecule has 0 bridgehead atoms. The molecule has 0 spiro atoms. The van der Waals surface area contributed by atoms with E-state index in [9.17, 15) is 12.3 Å². The third-order valence-corrected chi connectivity index (χ3v) is 2.35. The predicted octanol–water partition coefficient (Wildman–Crippen LogP) is 0.661. The van der Waals surface area contributed by atoms with Crippen LogP contribution in [-0.4, -0.2) is 20.7 Å². The van der Waals surface area contributed by atoms with Gasteiger partial charge in [0.1, 0.15) is 0 Å². The van der Waals surface area contributed by atoms with Crippen LogP contribution in [0.1, 0.15) is 19.8 Å². The third kappa shape index (κ3) is 7.74. The first-order valence-electron chi connectivity index (χ1n) is 3.58. The molecule has 68 valence electrons. The minimum absolute atomic E-state index is 0.131. The van der Waals surface area contributed by atoms with Crippen LogP contribution < -0.4 is 5.73 Å². The summed E-state index contributed by atoms with van der Waals surface area (Å²) >= 11 is 0. The molecule has 11 heavy (non-hydrogen) atoms. The summed E-state index contributed by atoms with van der Waals surface area (Å²) in [6, 6.07) is 0. The van der Waals surface area contributed by atoms with Crippen molar-refractivity contribution >= 4 is 10.2 Å². The lowest BCUT2D eigenvalue weighted by molar-refractivity contribution is 0.511. The van der Waals surface area contributed by atoms with E-state index in [1.165, 1.54) is 0 Å². The van der Waals surface area contributed by atoms with Crippen LogP contribution >= 0.6 is 0 Å². The first kappa shape index (κ1) is 10.8. The lowest BCUT2D eigenvalue weighted by Gasteiger charge is -2.05. The molecule has 0 fully saturated rings. The smallest absolute Gasteiger partial charge is 0.302 e. The number of rotatable bonds is 5. The van der Waals surface area contributed by atoms with Gasteiger partial charge in [0, 0.05) is 0 Å². The van der Waals surface area contributed by atoms with E-state index < -0.39 is 10.2 Å². The normalized spacial score (nSPS) is 14.8. The molecular weight excluding hydrogens is 169 g/mol. The average molecular weight is 183 g/mol. The van der Waals surface area contributed by atoms with Gasteiger partial charge in [-0.05, 0) is 25.3 Å². The Hall–Kier alpha value is -0.160. The second kappa shape index (κ2) is 4.66. The summed E-state index contributed by atoms with van der Waals surface area (Å²) in [6.45, 7) is 2.23. The van der Waals surface area contributed by atoms with Gasteiger partial charge in [-0.15, -0.1) is 3.89 Å². The van der Waals surface area contributed by atoms with Gasteiger partial charge in [-0.2, -0.15) is 8.42 Å². The molecular formula is C6H14FNO2S. The van der Waals surface area contributed by atoms with E-state index >= 15 is 0 Å². The summed E-state index contributed by atoms with van der Waals surface area (Å²) in [6.07, 6.45) is 1.41. The van der Waals surface area contributed by atoms with Crippen molar-refractivity contribution in [3.8, 4) is 0 Å². The summed E-state index contributed by atoms with van der Waals surface area (Å²) in [5, 5.41) is 0. The largest absolute Gasteiger partial charge is 0.330 e. The SMILES string of the molecule is CC(CCCN)CS(=O)(=O)F. The summed E-state index contributed by atoms with van der Waals surface area (Å²) in [5.41, 5.74) is 5.20. The molecule has 0 aromatic rings. The summed E-state index contributed by atoms with van der Waals surface area (Å²) in [5.74, 6) is -0.513. The lowest BCUT2D eigenvalue weighted by atomic mass is 10.1. The fraction of sp³-hybridized carbons (Fsp3) is 1.00. The summed E-state index contributed by atoms with van der Waals surface area (Å²) < 4.78 is 32.2. The first-order chi connectivity index (χ1) is 4.95. The molecule has 0 rings (SSSR count). The van der Waals surface area contributed by atoms with Gasteiger partial charge in [0.05, 0.1) is 5.75 Å². The van der Waals surface area contributed by atoms with Crippen LogP contribution in [-0.2, 0) is 10.2 Å². The Morgan fingerprint density at radius 2 is 2.09 bits per heavy atom. The highest BCUT2D eigenvalue weighted by Crippen LogP contribution is 2.08. The molecule has 0 aliphatic carbocycles. The second-order valence-electron chi connectivity index (χ2n) is 2.74. The topological polar surface area (TPSA) is 60.2 Å². The van der Waals surface area contributed by atoms with E-state index in [4.69, 9.17) is 5.73 Å². The monoisotopic (exact) mass is 183 g/mol. The van der Waals surface area contributed by atoms with Gasteiger partial charge < -0.3 is 5.73 Å². The quantitative estimate of drug-likeness (QED) is 0.637. The summed E-state index contributed by atoms with van der Waals surface area (Å²) in [4.78, 5) is 0. The zero-order chi connectivity index (χ0) is 8.91. The Bertz CT molecular complexity index is 191. The summed E-state index contributed by atoms with van der Waals surface area (Å²) in [7, 11) is -4.29. The van der Waals surface area contributed by atoms with Crippen molar-refractivity contribution in [3.63, 3.8) is 0 Å². The van der Waals surface area contributed by atoms with Crippen LogP contribution in [0, 0.1) is 5.92 Å². The van der Waals surface area contributed by atoms with Crippen molar-refractivity contribution < 1.29 is 12.3 Å². The molecule has 2 N–H and O–H groups in total. The number of hydrogen-bond donors (Lipinski definition) is 1. The Balaban J connectivity index is 3.61. The first-order valence-corrected chi connectivity index (χ1v) is 5.13. The van der Waals surface area contributed by atoms with E-state index in [1.807, 2.05) is 0 Å². The molecule has 3 nitrogen and oxygen atoms in total.